The molecule has 1 rings (SSSR count). The average molecular weight is 284 g/mol. The number of aliphatic hydroxyl groups excluding tert-OH is 1. The lowest BCUT2D eigenvalue weighted by atomic mass is 10.1. The standard InChI is InChI=1S/C14H21FN2O3/c1-9(6-10(2)18)8-16-14(19)17-13-7-11(20-3)4-5-12(13)15/h4-5,7,9-10,18H,6,8H2,1-3H3,(H2,16,17,19). The molecule has 0 aromatic heterocycles. The van der Waals surface area contributed by atoms with Gasteiger partial charge in [0.25, 0.3) is 0 Å². The number of amides is 2. The predicted octanol–water partition coefficient (Wildman–Crippen LogP) is 2.36. The molecule has 2 atom stereocenters. The summed E-state index contributed by atoms with van der Waals surface area (Å²) in [6.07, 6.45) is 0.180. The van der Waals surface area contributed by atoms with Gasteiger partial charge in [0.15, 0.2) is 0 Å². The number of benzene rings is 1. The van der Waals surface area contributed by atoms with Crippen molar-refractivity contribution in [3.05, 3.63) is 24.0 Å². The van der Waals surface area contributed by atoms with Gasteiger partial charge in [-0.1, -0.05) is 6.92 Å². The highest BCUT2D eigenvalue weighted by molar-refractivity contribution is 5.89. The summed E-state index contributed by atoms with van der Waals surface area (Å²) in [6.45, 7) is 4.02. The average Bonchev–Trinajstić information content (AvgIpc) is 2.38. The van der Waals surface area contributed by atoms with Crippen molar-refractivity contribution in [2.24, 2.45) is 5.92 Å². The van der Waals surface area contributed by atoms with Crippen molar-refractivity contribution in [3.8, 4) is 5.75 Å². The molecule has 1 aromatic rings. The Balaban J connectivity index is 2.50. The van der Waals surface area contributed by atoms with Crippen molar-refractivity contribution in [2.45, 2.75) is 26.4 Å². The van der Waals surface area contributed by atoms with Gasteiger partial charge in [-0.15, -0.1) is 0 Å². The molecule has 5 nitrogen and oxygen atoms in total. The number of hydrogen-bond acceptors (Lipinski definition) is 3. The van der Waals surface area contributed by atoms with Crippen molar-refractivity contribution >= 4 is 11.7 Å². The first-order valence-corrected chi connectivity index (χ1v) is 6.48. The third-order valence-electron chi connectivity index (χ3n) is 2.78. The second-order valence-corrected chi connectivity index (χ2v) is 4.87. The van der Waals surface area contributed by atoms with Crippen LogP contribution in [0.5, 0.6) is 5.75 Å². The van der Waals surface area contributed by atoms with E-state index >= 15 is 0 Å². The Morgan fingerprint density at radius 2 is 2.15 bits per heavy atom. The van der Waals surface area contributed by atoms with Gasteiger partial charge in [0.05, 0.1) is 18.9 Å². The van der Waals surface area contributed by atoms with Gasteiger partial charge in [-0.3, -0.25) is 0 Å². The van der Waals surface area contributed by atoms with Crippen LogP contribution in [0.4, 0.5) is 14.9 Å². The summed E-state index contributed by atoms with van der Waals surface area (Å²) in [5, 5.41) is 14.3. The molecule has 0 radical (unpaired) electrons. The number of aliphatic hydroxyl groups is 1. The smallest absolute Gasteiger partial charge is 0.319 e. The molecular weight excluding hydrogens is 263 g/mol. The molecule has 20 heavy (non-hydrogen) atoms. The molecule has 3 N–H and O–H groups in total. The Kier molecular flexibility index (Phi) is 6.24. The minimum absolute atomic E-state index is 0.0602. The third kappa shape index (κ3) is 5.44. The maximum Gasteiger partial charge on any atom is 0.319 e. The van der Waals surface area contributed by atoms with E-state index in [-0.39, 0.29) is 11.6 Å². The number of rotatable bonds is 6. The number of urea groups is 1. The van der Waals surface area contributed by atoms with Gasteiger partial charge in [0, 0.05) is 12.6 Å². The molecule has 112 valence electrons. The first-order chi connectivity index (χ1) is 9.42. The number of hydrogen-bond donors (Lipinski definition) is 3. The lowest BCUT2D eigenvalue weighted by molar-refractivity contribution is 0.163. The van der Waals surface area contributed by atoms with Crippen LogP contribution >= 0.6 is 0 Å². The van der Waals surface area contributed by atoms with Crippen molar-refractivity contribution in [3.63, 3.8) is 0 Å². The molecule has 0 heterocycles. The van der Waals surface area contributed by atoms with Crippen molar-refractivity contribution in [1.29, 1.82) is 0 Å². The molecule has 2 unspecified atom stereocenters. The van der Waals surface area contributed by atoms with Crippen LogP contribution in [0.15, 0.2) is 18.2 Å². The maximum atomic E-state index is 13.5. The topological polar surface area (TPSA) is 70.6 Å². The molecule has 0 fully saturated rings. The predicted molar refractivity (Wildman–Crippen MR) is 75.4 cm³/mol. The molecule has 1 aromatic carbocycles. The van der Waals surface area contributed by atoms with Crippen LogP contribution in [0.25, 0.3) is 0 Å². The fourth-order valence-corrected chi connectivity index (χ4v) is 1.83. The largest absolute Gasteiger partial charge is 0.497 e. The van der Waals surface area contributed by atoms with E-state index in [0.717, 1.165) is 0 Å². The summed E-state index contributed by atoms with van der Waals surface area (Å²) in [7, 11) is 1.47. The van der Waals surface area contributed by atoms with E-state index in [2.05, 4.69) is 10.6 Å². The first kappa shape index (κ1) is 16.2. The third-order valence-corrected chi connectivity index (χ3v) is 2.78. The Labute approximate surface area is 118 Å². The van der Waals surface area contributed by atoms with Crippen LogP contribution in [0, 0.1) is 11.7 Å². The highest BCUT2D eigenvalue weighted by Crippen LogP contribution is 2.20. The Bertz CT molecular complexity index is 452. The fraction of sp³-hybridized carbons (Fsp3) is 0.500. The van der Waals surface area contributed by atoms with Crippen molar-refractivity contribution in [2.75, 3.05) is 19.0 Å². The van der Waals surface area contributed by atoms with E-state index in [1.807, 2.05) is 6.92 Å². The van der Waals surface area contributed by atoms with Crippen LogP contribution in [-0.4, -0.2) is 30.9 Å². The van der Waals surface area contributed by atoms with Crippen LogP contribution in [0.3, 0.4) is 0 Å². The zero-order chi connectivity index (χ0) is 15.1. The Morgan fingerprint density at radius 1 is 1.45 bits per heavy atom. The minimum atomic E-state index is -0.530. The molecule has 0 bridgehead atoms. The summed E-state index contributed by atoms with van der Waals surface area (Å²) in [4.78, 5) is 11.7. The first-order valence-electron chi connectivity index (χ1n) is 6.48. The second kappa shape index (κ2) is 7.69. The van der Waals surface area contributed by atoms with Crippen LogP contribution in [0.2, 0.25) is 0 Å². The highest BCUT2D eigenvalue weighted by atomic mass is 19.1. The maximum absolute atomic E-state index is 13.5. The molecule has 2 amide bonds. The zero-order valence-corrected chi connectivity index (χ0v) is 11.9. The van der Waals surface area contributed by atoms with E-state index in [0.29, 0.717) is 18.7 Å². The Morgan fingerprint density at radius 3 is 2.75 bits per heavy atom. The van der Waals surface area contributed by atoms with Crippen molar-refractivity contribution in [1.82, 2.24) is 5.32 Å². The lowest BCUT2D eigenvalue weighted by Crippen LogP contribution is -2.33. The molecule has 0 aliphatic carbocycles. The molecule has 0 saturated heterocycles. The number of methoxy groups -OCH3 is 1. The van der Waals surface area contributed by atoms with Gasteiger partial charge in [-0.25, -0.2) is 9.18 Å². The number of halogens is 1. The van der Waals surface area contributed by atoms with Gasteiger partial charge in [0.2, 0.25) is 0 Å². The summed E-state index contributed by atoms with van der Waals surface area (Å²) in [5.41, 5.74) is 0.0602. The molecule has 0 aliphatic rings. The van der Waals surface area contributed by atoms with Crippen LogP contribution in [-0.2, 0) is 0 Å². The number of nitrogens with one attached hydrogen (secondary N) is 2. The van der Waals surface area contributed by atoms with Gasteiger partial charge < -0.3 is 20.5 Å². The van der Waals surface area contributed by atoms with E-state index in [1.165, 1.54) is 25.3 Å². The van der Waals surface area contributed by atoms with Gasteiger partial charge in [-0.05, 0) is 31.4 Å². The quantitative estimate of drug-likeness (QED) is 0.751. The molecule has 0 spiro atoms. The number of carbonyl (C=O) groups is 1. The zero-order valence-electron chi connectivity index (χ0n) is 11.9. The molecule has 0 saturated carbocycles. The molecule has 0 aliphatic heterocycles. The summed E-state index contributed by atoms with van der Waals surface area (Å²) in [6, 6.07) is 3.62. The summed E-state index contributed by atoms with van der Waals surface area (Å²) in [5.74, 6) is 0.0676. The monoisotopic (exact) mass is 284 g/mol. The molecular formula is C14H21FN2O3. The van der Waals surface area contributed by atoms with Gasteiger partial charge >= 0.3 is 6.03 Å². The summed E-state index contributed by atoms with van der Waals surface area (Å²) >= 11 is 0. The van der Waals surface area contributed by atoms with Crippen molar-refractivity contribution < 1.29 is 19.0 Å². The molecule has 6 heteroatoms. The van der Waals surface area contributed by atoms with Crippen LogP contribution in [0.1, 0.15) is 20.3 Å². The van der Waals surface area contributed by atoms with Crippen LogP contribution < -0.4 is 15.4 Å². The fourth-order valence-electron chi connectivity index (χ4n) is 1.83. The van der Waals surface area contributed by atoms with E-state index in [9.17, 15) is 14.3 Å². The number of ether oxygens (including phenoxy) is 1. The normalized spacial score (nSPS) is 13.4. The van der Waals surface area contributed by atoms with E-state index in [4.69, 9.17) is 4.74 Å². The minimum Gasteiger partial charge on any atom is -0.497 e. The highest BCUT2D eigenvalue weighted by Gasteiger charge is 2.10. The number of carbonyl (C=O) groups excluding carboxylic acids is 1. The summed E-state index contributed by atoms with van der Waals surface area (Å²) < 4.78 is 18.5. The second-order valence-electron chi connectivity index (χ2n) is 4.87. The van der Waals surface area contributed by atoms with E-state index < -0.39 is 18.0 Å². The Hall–Kier alpha value is -1.82. The van der Waals surface area contributed by atoms with Gasteiger partial charge in [0.1, 0.15) is 11.6 Å². The number of anilines is 1. The lowest BCUT2D eigenvalue weighted by Gasteiger charge is -2.15. The van der Waals surface area contributed by atoms with E-state index in [1.54, 1.807) is 6.92 Å². The van der Waals surface area contributed by atoms with Gasteiger partial charge in [-0.2, -0.15) is 0 Å². The SMILES string of the molecule is COc1ccc(F)c(NC(=O)NCC(C)CC(C)O)c1.